The first-order valence-electron chi connectivity index (χ1n) is 9.98. The highest BCUT2D eigenvalue weighted by Gasteiger charge is 2.31. The van der Waals surface area contributed by atoms with Crippen LogP contribution in [0.3, 0.4) is 0 Å². The Hall–Kier alpha value is -4.01. The van der Waals surface area contributed by atoms with Crippen molar-refractivity contribution < 1.29 is 23.6 Å². The molecule has 1 aliphatic heterocycles. The van der Waals surface area contributed by atoms with Crippen LogP contribution in [0.25, 0.3) is 5.69 Å². The molecule has 1 aromatic heterocycles. The molecule has 3 aromatic rings. The number of carbonyl (C=O) groups is 2. The summed E-state index contributed by atoms with van der Waals surface area (Å²) in [4.78, 5) is 29.7. The highest BCUT2D eigenvalue weighted by Crippen LogP contribution is 2.19. The summed E-state index contributed by atoms with van der Waals surface area (Å²) >= 11 is 0. The van der Waals surface area contributed by atoms with Crippen LogP contribution in [-0.4, -0.2) is 40.1 Å². The van der Waals surface area contributed by atoms with Crippen LogP contribution in [0.15, 0.2) is 59.8 Å². The second kappa shape index (κ2) is 9.01. The summed E-state index contributed by atoms with van der Waals surface area (Å²) in [5.74, 6) is -1.19. The lowest BCUT2D eigenvalue weighted by Gasteiger charge is -2.11. The molecule has 0 radical (unpaired) electrons. The number of ether oxygens (including phenoxy) is 1. The largest absolute Gasteiger partial charge is 0.453 e. The zero-order chi connectivity index (χ0) is 22.7. The molecule has 32 heavy (non-hydrogen) atoms. The topological polar surface area (TPSA) is 94.8 Å². The maximum absolute atomic E-state index is 13.4. The normalized spacial score (nSPS) is 15.1. The molecule has 0 fully saturated rings. The summed E-state index contributed by atoms with van der Waals surface area (Å²) in [6, 6.07) is 15.2. The van der Waals surface area contributed by atoms with Gasteiger partial charge in [-0.1, -0.05) is 35.0 Å². The number of aromatic nitrogens is 2. The number of oxime groups is 1. The number of benzene rings is 2. The van der Waals surface area contributed by atoms with E-state index in [-0.39, 0.29) is 6.42 Å². The quantitative estimate of drug-likeness (QED) is 0.599. The molecule has 2 aromatic carbocycles. The van der Waals surface area contributed by atoms with Crippen LogP contribution in [0.2, 0.25) is 0 Å². The van der Waals surface area contributed by atoms with Crippen LogP contribution in [0, 0.1) is 19.7 Å². The third-order valence-corrected chi connectivity index (χ3v) is 4.81. The molecular formula is C23H21FN4O4. The summed E-state index contributed by atoms with van der Waals surface area (Å²) in [7, 11) is 0. The average molecular weight is 436 g/mol. The first-order chi connectivity index (χ1) is 15.4. The van der Waals surface area contributed by atoms with Crippen molar-refractivity contribution in [3.63, 3.8) is 0 Å². The van der Waals surface area contributed by atoms with Gasteiger partial charge < -0.3 is 14.9 Å². The first-order valence-corrected chi connectivity index (χ1v) is 9.98. The smallest absolute Gasteiger partial charge is 0.351 e. The Morgan fingerprint density at radius 3 is 2.72 bits per heavy atom. The molecule has 0 saturated carbocycles. The molecule has 1 aliphatic rings. The van der Waals surface area contributed by atoms with Crippen molar-refractivity contribution in [3.05, 3.63) is 77.2 Å². The second-order valence-corrected chi connectivity index (χ2v) is 7.42. The Morgan fingerprint density at radius 2 is 1.97 bits per heavy atom. The molecule has 0 spiro atoms. The van der Waals surface area contributed by atoms with Gasteiger partial charge in [0.25, 0.3) is 5.91 Å². The summed E-state index contributed by atoms with van der Waals surface area (Å²) in [6.45, 7) is 3.30. The molecule has 1 N–H and O–H groups in total. The lowest BCUT2D eigenvalue weighted by Crippen LogP contribution is -2.28. The van der Waals surface area contributed by atoms with Gasteiger partial charge in [-0.15, -0.1) is 0 Å². The van der Waals surface area contributed by atoms with Crippen LogP contribution < -0.4 is 5.32 Å². The van der Waals surface area contributed by atoms with E-state index in [4.69, 9.17) is 9.57 Å². The standard InChI is InChI=1S/C23H21FN4O4/c1-14-6-8-18(9-7-14)28-21(10-15(2)26-28)25-22(29)13-31-23(30)20-12-19(27-32-20)16-4-3-5-17(24)11-16/h3-11,20H,12-13H2,1-2H3,(H,25,29). The van der Waals surface area contributed by atoms with Crippen molar-refractivity contribution in [1.29, 1.82) is 0 Å². The SMILES string of the molecule is Cc1ccc(-n2nc(C)cc2NC(=O)COC(=O)C2CC(c3cccc(F)c3)=NO2)cc1. The Morgan fingerprint density at radius 1 is 1.19 bits per heavy atom. The number of aryl methyl sites for hydroxylation is 2. The van der Waals surface area contributed by atoms with Crippen molar-refractivity contribution in [1.82, 2.24) is 9.78 Å². The maximum atomic E-state index is 13.4. The molecule has 0 bridgehead atoms. The van der Waals surface area contributed by atoms with Gasteiger partial charge in [0.1, 0.15) is 11.6 Å². The monoisotopic (exact) mass is 436 g/mol. The van der Waals surface area contributed by atoms with Gasteiger partial charge in [-0.2, -0.15) is 5.10 Å². The summed E-state index contributed by atoms with van der Waals surface area (Å²) < 4.78 is 20.1. The highest BCUT2D eigenvalue weighted by molar-refractivity contribution is 6.03. The number of carbonyl (C=O) groups excluding carboxylic acids is 2. The number of anilines is 1. The minimum atomic E-state index is -0.985. The van der Waals surface area contributed by atoms with E-state index in [0.29, 0.717) is 17.1 Å². The van der Waals surface area contributed by atoms with E-state index in [1.807, 2.05) is 38.1 Å². The van der Waals surface area contributed by atoms with Crippen LogP contribution in [0.4, 0.5) is 10.2 Å². The van der Waals surface area contributed by atoms with E-state index >= 15 is 0 Å². The summed E-state index contributed by atoms with van der Waals surface area (Å²) in [5.41, 5.74) is 3.58. The van der Waals surface area contributed by atoms with Crippen molar-refractivity contribution in [2.45, 2.75) is 26.4 Å². The van der Waals surface area contributed by atoms with Gasteiger partial charge in [-0.3, -0.25) is 4.79 Å². The van der Waals surface area contributed by atoms with E-state index in [2.05, 4.69) is 15.6 Å². The molecular weight excluding hydrogens is 415 g/mol. The molecule has 8 nitrogen and oxygen atoms in total. The molecule has 164 valence electrons. The average Bonchev–Trinajstić information content (AvgIpc) is 3.40. The van der Waals surface area contributed by atoms with E-state index in [1.165, 1.54) is 12.1 Å². The number of esters is 1. The van der Waals surface area contributed by atoms with Gasteiger partial charge in [0.15, 0.2) is 6.61 Å². The molecule has 2 heterocycles. The number of hydrogen-bond donors (Lipinski definition) is 1. The molecule has 9 heteroatoms. The zero-order valence-corrected chi connectivity index (χ0v) is 17.5. The number of amides is 1. The molecule has 0 saturated heterocycles. The van der Waals surface area contributed by atoms with Gasteiger partial charge >= 0.3 is 5.97 Å². The van der Waals surface area contributed by atoms with Crippen LogP contribution in [-0.2, 0) is 19.2 Å². The second-order valence-electron chi connectivity index (χ2n) is 7.42. The molecule has 1 atom stereocenters. The van der Waals surface area contributed by atoms with E-state index < -0.39 is 30.4 Å². The van der Waals surface area contributed by atoms with Crippen LogP contribution in [0.5, 0.6) is 0 Å². The minimum Gasteiger partial charge on any atom is -0.453 e. The fraction of sp³-hybridized carbons (Fsp3) is 0.217. The van der Waals surface area contributed by atoms with Crippen molar-refractivity contribution in [2.24, 2.45) is 5.16 Å². The fourth-order valence-electron chi connectivity index (χ4n) is 3.22. The molecule has 1 amide bonds. The van der Waals surface area contributed by atoms with Crippen molar-refractivity contribution >= 4 is 23.4 Å². The van der Waals surface area contributed by atoms with E-state index in [0.717, 1.165) is 16.9 Å². The Balaban J connectivity index is 1.32. The number of hydrogen-bond acceptors (Lipinski definition) is 6. The number of nitrogens with zero attached hydrogens (tertiary/aromatic N) is 3. The molecule has 0 aliphatic carbocycles. The molecule has 1 unspecified atom stereocenters. The highest BCUT2D eigenvalue weighted by atomic mass is 19.1. The van der Waals surface area contributed by atoms with Crippen molar-refractivity contribution in [2.75, 3.05) is 11.9 Å². The Bertz CT molecular complexity index is 1190. The number of halogens is 1. The maximum Gasteiger partial charge on any atom is 0.351 e. The predicted molar refractivity (Wildman–Crippen MR) is 115 cm³/mol. The lowest BCUT2D eigenvalue weighted by atomic mass is 10.1. The van der Waals surface area contributed by atoms with Crippen LogP contribution >= 0.6 is 0 Å². The Kier molecular flexibility index (Phi) is 5.98. The zero-order valence-electron chi connectivity index (χ0n) is 17.5. The van der Waals surface area contributed by atoms with Gasteiger partial charge in [0, 0.05) is 18.1 Å². The lowest BCUT2D eigenvalue weighted by molar-refractivity contribution is -0.157. The van der Waals surface area contributed by atoms with Gasteiger partial charge in [-0.25, -0.2) is 13.9 Å². The van der Waals surface area contributed by atoms with Crippen molar-refractivity contribution in [3.8, 4) is 5.69 Å². The first kappa shape index (κ1) is 21.2. The van der Waals surface area contributed by atoms with E-state index in [1.54, 1.807) is 22.9 Å². The molecule has 4 rings (SSSR count). The fourth-order valence-corrected chi connectivity index (χ4v) is 3.22. The summed E-state index contributed by atoms with van der Waals surface area (Å²) in [6.07, 6.45) is -0.857. The Labute approximate surface area is 183 Å². The number of rotatable bonds is 6. The summed E-state index contributed by atoms with van der Waals surface area (Å²) in [5, 5.41) is 10.9. The van der Waals surface area contributed by atoms with E-state index in [9.17, 15) is 14.0 Å². The van der Waals surface area contributed by atoms with Gasteiger partial charge in [-0.05, 0) is 38.1 Å². The third kappa shape index (κ3) is 4.83. The number of nitrogens with one attached hydrogen (secondary N) is 1. The van der Waals surface area contributed by atoms with Crippen LogP contribution in [0.1, 0.15) is 23.2 Å². The predicted octanol–water partition coefficient (Wildman–Crippen LogP) is 3.30. The third-order valence-electron chi connectivity index (χ3n) is 4.81. The van der Waals surface area contributed by atoms with Gasteiger partial charge in [0.2, 0.25) is 6.10 Å². The van der Waals surface area contributed by atoms with Gasteiger partial charge in [0.05, 0.1) is 17.1 Å². The minimum absolute atomic E-state index is 0.128.